The summed E-state index contributed by atoms with van der Waals surface area (Å²) >= 11 is 2.09. The van der Waals surface area contributed by atoms with Gasteiger partial charge < -0.3 is 5.32 Å². The highest BCUT2D eigenvalue weighted by molar-refractivity contribution is 14.1. The van der Waals surface area contributed by atoms with Crippen LogP contribution in [-0.4, -0.2) is 12.5 Å². The topological polar surface area (TPSA) is 50.4 Å². The number of amides is 1. The Hall–Kier alpha value is -1.81. The van der Waals surface area contributed by atoms with Crippen molar-refractivity contribution in [2.75, 3.05) is 11.9 Å². The van der Waals surface area contributed by atoms with E-state index in [0.29, 0.717) is 29.9 Å². The van der Waals surface area contributed by atoms with E-state index in [9.17, 15) is 18.0 Å². The minimum absolute atomic E-state index is 0.317. The fraction of sp³-hybridized carbons (Fsp3) is 0.350. The van der Waals surface area contributed by atoms with Crippen molar-refractivity contribution in [1.29, 1.82) is 0 Å². The molecule has 8 heteroatoms. The number of carbonyl (C=O) groups is 1. The Morgan fingerprint density at radius 2 is 1.96 bits per heavy atom. The lowest BCUT2D eigenvalue weighted by Gasteiger charge is -2.24. The molecule has 4 nitrogen and oxygen atoms in total. The van der Waals surface area contributed by atoms with Gasteiger partial charge in [-0.3, -0.25) is 9.63 Å². The third-order valence-corrected chi connectivity index (χ3v) is 4.67. The third-order valence-electron chi connectivity index (χ3n) is 4.31. The van der Waals surface area contributed by atoms with Crippen molar-refractivity contribution in [3.05, 3.63) is 62.7 Å². The lowest BCUT2D eigenvalue weighted by atomic mass is 9.86. The number of halogens is 4. The van der Waals surface area contributed by atoms with Gasteiger partial charge in [0.25, 0.3) is 5.91 Å². The number of hydrogen-bond acceptors (Lipinski definition) is 3. The molecule has 1 aliphatic carbocycles. The van der Waals surface area contributed by atoms with E-state index >= 15 is 0 Å². The van der Waals surface area contributed by atoms with Crippen molar-refractivity contribution in [1.82, 2.24) is 5.48 Å². The zero-order valence-electron chi connectivity index (χ0n) is 15.7. The van der Waals surface area contributed by atoms with Gasteiger partial charge in [-0.25, -0.2) is 18.7 Å². The normalized spacial score (nSPS) is 15.2. The molecule has 0 aromatic heterocycles. The van der Waals surface area contributed by atoms with E-state index in [1.165, 1.54) is 0 Å². The Labute approximate surface area is 176 Å². The lowest BCUT2D eigenvalue weighted by Crippen LogP contribution is -2.29. The summed E-state index contributed by atoms with van der Waals surface area (Å²) in [5, 5.41) is 2.66. The number of hydrogen-bond donors (Lipinski definition) is 2. The molecule has 0 spiro atoms. The zero-order chi connectivity index (χ0) is 20.8. The molecule has 0 saturated heterocycles. The Kier molecular flexibility index (Phi) is 8.11. The molecule has 1 aromatic carbocycles. The van der Waals surface area contributed by atoms with Crippen molar-refractivity contribution < 1.29 is 22.8 Å². The second-order valence-electron chi connectivity index (χ2n) is 6.69. The Balaban J connectivity index is 2.31. The van der Waals surface area contributed by atoms with Crippen molar-refractivity contribution in [3.8, 4) is 0 Å². The smallest absolute Gasteiger partial charge is 0.277 e. The Bertz CT molecular complexity index is 829. The van der Waals surface area contributed by atoms with Gasteiger partial charge in [0.1, 0.15) is 0 Å². The number of allylic oxidation sites excluding steroid dienone is 4. The van der Waals surface area contributed by atoms with E-state index in [-0.39, 0.29) is 0 Å². The quantitative estimate of drug-likeness (QED) is 0.204. The van der Waals surface area contributed by atoms with Crippen molar-refractivity contribution in [3.63, 3.8) is 0 Å². The average Bonchev–Trinajstić information content (AvgIpc) is 2.59. The molecule has 0 heterocycles. The summed E-state index contributed by atoms with van der Waals surface area (Å²) in [5.74, 6) is -5.14. The predicted molar refractivity (Wildman–Crippen MR) is 111 cm³/mol. The molecule has 0 aliphatic heterocycles. The second-order valence-corrected chi connectivity index (χ2v) is 8.39. The SMILES string of the molecule is C=C(C)/C(=C\C=C(/C)I)Nc1c(C(=O)NOCC2CCC2)cc(F)c(F)c1F. The number of nitrogens with one attached hydrogen (secondary N) is 2. The molecular weight excluding hydrogens is 484 g/mol. The van der Waals surface area contributed by atoms with Crippen LogP contribution in [0, 0.1) is 23.4 Å². The van der Waals surface area contributed by atoms with E-state index in [4.69, 9.17) is 4.84 Å². The van der Waals surface area contributed by atoms with Crippen molar-refractivity contribution >= 4 is 34.2 Å². The van der Waals surface area contributed by atoms with Gasteiger partial charge >= 0.3 is 0 Å². The molecule has 1 aliphatic rings. The third kappa shape index (κ3) is 5.84. The van der Waals surface area contributed by atoms with Crippen LogP contribution < -0.4 is 10.8 Å². The lowest BCUT2D eigenvalue weighted by molar-refractivity contribution is 0.00319. The van der Waals surface area contributed by atoms with Crippen molar-refractivity contribution in [2.24, 2.45) is 5.92 Å². The largest absolute Gasteiger partial charge is 0.352 e. The van der Waals surface area contributed by atoms with Crippen LogP contribution >= 0.6 is 22.6 Å². The molecule has 2 N–H and O–H groups in total. The van der Waals surface area contributed by atoms with Gasteiger partial charge in [0, 0.05) is 5.70 Å². The van der Waals surface area contributed by atoms with Crippen LogP contribution in [0.3, 0.4) is 0 Å². The van der Waals surface area contributed by atoms with E-state index in [2.05, 4.69) is 40.0 Å². The van der Waals surface area contributed by atoms with Gasteiger partial charge in [-0.15, -0.1) is 0 Å². The summed E-state index contributed by atoms with van der Waals surface area (Å²) < 4.78 is 42.9. The number of rotatable bonds is 8. The number of hydroxylamine groups is 1. The fourth-order valence-corrected chi connectivity index (χ4v) is 2.64. The molecule has 152 valence electrons. The summed E-state index contributed by atoms with van der Waals surface area (Å²) in [6.45, 7) is 7.61. The molecule has 1 saturated carbocycles. The zero-order valence-corrected chi connectivity index (χ0v) is 17.8. The highest BCUT2D eigenvalue weighted by Crippen LogP contribution is 2.28. The summed E-state index contributed by atoms with van der Waals surface area (Å²) in [7, 11) is 0. The standard InChI is InChI=1S/C20H22F3IN2O2/c1-11(2)16(8-7-12(3)24)25-19-14(9-15(21)17(22)18(19)23)20(27)26-28-10-13-5-4-6-13/h7-9,13,25H,1,4-6,10H2,2-3H3,(H,26,27)/b12-7+,16-8+. The minimum Gasteiger partial charge on any atom is -0.352 e. The molecule has 0 atom stereocenters. The van der Waals surface area contributed by atoms with Gasteiger partial charge in [0.15, 0.2) is 17.5 Å². The van der Waals surface area contributed by atoms with Crippen LogP contribution in [0.4, 0.5) is 18.9 Å². The highest BCUT2D eigenvalue weighted by atomic mass is 127. The second kappa shape index (κ2) is 10.1. The molecule has 1 fully saturated rings. The summed E-state index contributed by atoms with van der Waals surface area (Å²) in [4.78, 5) is 17.5. The highest BCUT2D eigenvalue weighted by Gasteiger charge is 2.24. The first kappa shape index (κ1) is 22.5. The first-order chi connectivity index (χ1) is 13.2. The van der Waals surface area contributed by atoms with Gasteiger partial charge in [0.2, 0.25) is 0 Å². The van der Waals surface area contributed by atoms with Crippen LogP contribution in [0.1, 0.15) is 43.5 Å². The van der Waals surface area contributed by atoms with Crippen LogP contribution in [0.5, 0.6) is 0 Å². The maximum atomic E-state index is 14.4. The first-order valence-corrected chi connectivity index (χ1v) is 9.85. The summed E-state index contributed by atoms with van der Waals surface area (Å²) in [6.07, 6.45) is 6.49. The molecule has 0 radical (unpaired) electrons. The van der Waals surface area contributed by atoms with Crippen LogP contribution in [0.25, 0.3) is 0 Å². The van der Waals surface area contributed by atoms with Crippen LogP contribution in [0.2, 0.25) is 0 Å². The van der Waals surface area contributed by atoms with Gasteiger partial charge in [-0.1, -0.05) is 19.1 Å². The van der Waals surface area contributed by atoms with E-state index < -0.39 is 34.6 Å². The van der Waals surface area contributed by atoms with E-state index in [1.54, 1.807) is 19.1 Å². The minimum atomic E-state index is -1.67. The average molecular weight is 506 g/mol. The number of anilines is 1. The van der Waals surface area contributed by atoms with E-state index in [0.717, 1.165) is 22.8 Å². The summed E-state index contributed by atoms with van der Waals surface area (Å²) in [5.41, 5.74) is 2.15. The monoisotopic (exact) mass is 506 g/mol. The molecule has 0 bridgehead atoms. The fourth-order valence-electron chi connectivity index (χ4n) is 2.46. The molecule has 1 amide bonds. The van der Waals surface area contributed by atoms with Gasteiger partial charge in [-0.2, -0.15) is 0 Å². The van der Waals surface area contributed by atoms with Crippen LogP contribution in [0.15, 0.2) is 39.6 Å². The van der Waals surface area contributed by atoms with E-state index in [1.807, 2.05) is 6.92 Å². The number of benzene rings is 1. The summed E-state index contributed by atoms with van der Waals surface area (Å²) in [6, 6.07) is 0.637. The maximum absolute atomic E-state index is 14.4. The first-order valence-electron chi connectivity index (χ1n) is 8.77. The Morgan fingerprint density at radius 3 is 2.50 bits per heavy atom. The molecule has 0 unspecified atom stereocenters. The predicted octanol–water partition coefficient (Wildman–Crippen LogP) is 5.78. The maximum Gasteiger partial charge on any atom is 0.277 e. The Morgan fingerprint density at radius 1 is 1.29 bits per heavy atom. The van der Waals surface area contributed by atoms with Crippen LogP contribution in [-0.2, 0) is 4.84 Å². The molecular formula is C20H22F3IN2O2. The molecule has 28 heavy (non-hydrogen) atoms. The van der Waals surface area contributed by atoms with Gasteiger partial charge in [0.05, 0.1) is 17.9 Å². The molecule has 1 aromatic rings. The van der Waals surface area contributed by atoms with Gasteiger partial charge in [-0.05, 0) is 76.5 Å². The number of carbonyl (C=O) groups excluding carboxylic acids is 1. The molecule has 2 rings (SSSR count). The van der Waals surface area contributed by atoms with Crippen molar-refractivity contribution in [2.45, 2.75) is 33.1 Å².